The molecule has 0 amide bonds. The van der Waals surface area contributed by atoms with Crippen LogP contribution >= 0.6 is 0 Å². The Morgan fingerprint density at radius 1 is 1.00 bits per heavy atom. The number of ketones is 1. The summed E-state index contributed by atoms with van der Waals surface area (Å²) in [4.78, 5) is 37.6. The maximum Gasteiger partial charge on any atom is 0.342 e. The van der Waals surface area contributed by atoms with Crippen molar-refractivity contribution in [3.63, 3.8) is 0 Å². The minimum Gasteiger partial charge on any atom is -0.508 e. The second kappa shape index (κ2) is 10.1. The molecule has 0 saturated heterocycles. The quantitative estimate of drug-likeness (QED) is 0.450. The molecule has 2 aromatic rings. The summed E-state index contributed by atoms with van der Waals surface area (Å²) in [5.41, 5.74) is 1.45. The molecule has 2 aliphatic rings. The van der Waals surface area contributed by atoms with E-state index in [1.54, 1.807) is 31.2 Å². The zero-order valence-electron chi connectivity index (χ0n) is 19.1. The van der Waals surface area contributed by atoms with Crippen molar-refractivity contribution in [2.45, 2.75) is 63.9 Å². The number of carbonyl (C=O) groups excluding carboxylic acids is 3. The summed E-state index contributed by atoms with van der Waals surface area (Å²) < 4.78 is 11.1. The van der Waals surface area contributed by atoms with Gasteiger partial charge in [0.2, 0.25) is 0 Å². The molecule has 2 aromatic carbocycles. The molecule has 0 bridgehead atoms. The van der Waals surface area contributed by atoms with Gasteiger partial charge in [-0.05, 0) is 61.9 Å². The number of Topliss-reactive ketones (excluding diaryl/α,β-unsaturated/α-hetero) is 1. The van der Waals surface area contributed by atoms with Gasteiger partial charge in [0.25, 0.3) is 0 Å². The predicted octanol–water partition coefficient (Wildman–Crippen LogP) is 5.02. The fourth-order valence-electron chi connectivity index (χ4n) is 4.51. The van der Waals surface area contributed by atoms with Crippen LogP contribution < -0.4 is 4.74 Å². The fraction of sp³-hybridized carbons (Fsp3) is 0.370. The lowest BCUT2D eigenvalue weighted by Gasteiger charge is -2.27. The van der Waals surface area contributed by atoms with Gasteiger partial charge >= 0.3 is 11.9 Å². The van der Waals surface area contributed by atoms with Crippen LogP contribution in [0.15, 0.2) is 36.4 Å². The highest BCUT2D eigenvalue weighted by Gasteiger charge is 2.35. The number of carbonyl (C=O) groups is 3. The Balaban J connectivity index is 1.81. The Morgan fingerprint density at radius 3 is 2.50 bits per heavy atom. The molecule has 0 spiro atoms. The number of fused-ring (bicyclic) bond motifs is 2. The average molecular weight is 465 g/mol. The third-order valence-corrected chi connectivity index (χ3v) is 6.27. The highest BCUT2D eigenvalue weighted by Crippen LogP contribution is 2.47. The zero-order chi connectivity index (χ0) is 24.2. The molecule has 0 fully saturated rings. The van der Waals surface area contributed by atoms with E-state index in [4.69, 9.17) is 9.47 Å². The van der Waals surface area contributed by atoms with Crippen molar-refractivity contribution in [3.8, 4) is 17.2 Å². The van der Waals surface area contributed by atoms with Crippen LogP contribution in [0.5, 0.6) is 17.2 Å². The Morgan fingerprint density at radius 2 is 1.74 bits per heavy atom. The first kappa shape index (κ1) is 23.5. The monoisotopic (exact) mass is 464 g/mol. The Bertz CT molecular complexity index is 1130. The summed E-state index contributed by atoms with van der Waals surface area (Å²) in [6, 6.07) is 7.95. The molecule has 2 heterocycles. The molecule has 7 nitrogen and oxygen atoms in total. The van der Waals surface area contributed by atoms with E-state index in [9.17, 15) is 24.6 Å². The van der Waals surface area contributed by atoms with Gasteiger partial charge in [-0.25, -0.2) is 4.79 Å². The van der Waals surface area contributed by atoms with Crippen LogP contribution in [0.4, 0.5) is 0 Å². The van der Waals surface area contributed by atoms with Gasteiger partial charge in [-0.3, -0.25) is 9.59 Å². The van der Waals surface area contributed by atoms with Crippen molar-refractivity contribution < 1.29 is 34.1 Å². The largest absolute Gasteiger partial charge is 0.508 e. The second-order valence-electron chi connectivity index (χ2n) is 8.86. The Kier molecular flexibility index (Phi) is 7.01. The smallest absolute Gasteiger partial charge is 0.342 e. The molecule has 2 N–H and O–H groups in total. The summed E-state index contributed by atoms with van der Waals surface area (Å²) in [7, 11) is 0. The van der Waals surface area contributed by atoms with Crippen LogP contribution in [0.1, 0.15) is 84.8 Å². The van der Waals surface area contributed by atoms with Crippen molar-refractivity contribution in [2.24, 2.45) is 0 Å². The van der Waals surface area contributed by atoms with Gasteiger partial charge in [0.1, 0.15) is 28.6 Å². The lowest BCUT2D eigenvalue weighted by molar-refractivity contribution is -0.135. The third-order valence-electron chi connectivity index (χ3n) is 6.27. The van der Waals surface area contributed by atoms with Gasteiger partial charge in [0.05, 0.1) is 12.5 Å². The molecule has 0 aliphatic carbocycles. The van der Waals surface area contributed by atoms with E-state index >= 15 is 0 Å². The van der Waals surface area contributed by atoms with E-state index < -0.39 is 24.0 Å². The zero-order valence-corrected chi connectivity index (χ0v) is 19.1. The van der Waals surface area contributed by atoms with Crippen LogP contribution in [0.3, 0.4) is 0 Å². The third kappa shape index (κ3) is 5.14. The first-order valence-corrected chi connectivity index (χ1v) is 11.6. The molecular weight excluding hydrogens is 436 g/mol. The first-order chi connectivity index (χ1) is 16.3. The molecule has 0 unspecified atom stereocenters. The van der Waals surface area contributed by atoms with E-state index in [1.807, 2.05) is 6.08 Å². The minimum atomic E-state index is -0.669. The van der Waals surface area contributed by atoms with Crippen molar-refractivity contribution >= 4 is 23.8 Å². The number of ether oxygens (including phenoxy) is 2. The molecule has 0 saturated carbocycles. The summed E-state index contributed by atoms with van der Waals surface area (Å²) in [5.74, 6) is -1.48. The van der Waals surface area contributed by atoms with Crippen LogP contribution in [0.2, 0.25) is 0 Å². The number of phenolic OH excluding ortho intramolecular Hbond substituents is 2. The van der Waals surface area contributed by atoms with E-state index in [1.165, 1.54) is 12.1 Å². The predicted molar refractivity (Wildman–Crippen MR) is 125 cm³/mol. The normalized spacial score (nSPS) is 22.6. The molecule has 2 atom stereocenters. The number of phenols is 2. The molecule has 0 aromatic heterocycles. The van der Waals surface area contributed by atoms with Gasteiger partial charge in [0, 0.05) is 24.3 Å². The van der Waals surface area contributed by atoms with E-state index in [0.29, 0.717) is 55.2 Å². The van der Waals surface area contributed by atoms with E-state index in [2.05, 4.69) is 0 Å². The Hall–Kier alpha value is -3.61. The van der Waals surface area contributed by atoms with Crippen LogP contribution in [0.25, 0.3) is 6.08 Å². The number of aromatic hydroxyl groups is 2. The first-order valence-electron chi connectivity index (χ1n) is 11.6. The highest BCUT2D eigenvalue weighted by molar-refractivity contribution is 5.98. The fourth-order valence-corrected chi connectivity index (χ4v) is 4.51. The van der Waals surface area contributed by atoms with Crippen LogP contribution in [-0.2, 0) is 14.3 Å². The van der Waals surface area contributed by atoms with E-state index in [-0.39, 0.29) is 35.0 Å². The molecule has 4 rings (SSSR count). The highest BCUT2D eigenvalue weighted by atomic mass is 16.5. The van der Waals surface area contributed by atoms with Crippen molar-refractivity contribution in [2.75, 3.05) is 0 Å². The van der Waals surface area contributed by atoms with Crippen LogP contribution in [0, 0.1) is 0 Å². The van der Waals surface area contributed by atoms with Gasteiger partial charge in [-0.15, -0.1) is 0 Å². The SMILES string of the molecule is C[C@H]1CCCC(=O)CCC/C=C/c2cc3c(c(O)c2C(=O)O1)[C@H](c1ccc(O)cc1)CC(=O)O3. The van der Waals surface area contributed by atoms with Crippen molar-refractivity contribution in [3.05, 3.63) is 58.7 Å². The van der Waals surface area contributed by atoms with Gasteiger partial charge in [-0.2, -0.15) is 0 Å². The average Bonchev–Trinajstić information content (AvgIpc) is 2.78. The second-order valence-corrected chi connectivity index (χ2v) is 8.86. The van der Waals surface area contributed by atoms with Gasteiger partial charge in [-0.1, -0.05) is 24.3 Å². The number of rotatable bonds is 1. The topological polar surface area (TPSA) is 110 Å². The maximum absolute atomic E-state index is 13.2. The van der Waals surface area contributed by atoms with Gasteiger partial charge < -0.3 is 19.7 Å². The lowest BCUT2D eigenvalue weighted by atomic mass is 9.83. The molecule has 178 valence electrons. The van der Waals surface area contributed by atoms with Crippen molar-refractivity contribution in [1.82, 2.24) is 0 Å². The number of hydrogen-bond donors (Lipinski definition) is 2. The summed E-state index contributed by atoms with van der Waals surface area (Å²) in [6.45, 7) is 1.76. The standard InChI is InChI=1S/C27H28O7/c1-16-6-5-9-19(28)8-4-2-3-7-18-14-22-25(26(31)24(18)27(32)33-16)21(15-23(30)34-22)17-10-12-20(29)13-11-17/h3,7,10-14,16,21,29,31H,2,4-6,8-9,15H2,1H3/b7-3+/t16-,21-/m0/s1. The molecule has 34 heavy (non-hydrogen) atoms. The minimum absolute atomic E-state index is 0.0144. The lowest BCUT2D eigenvalue weighted by Crippen LogP contribution is -2.23. The van der Waals surface area contributed by atoms with Crippen molar-refractivity contribution in [1.29, 1.82) is 0 Å². The number of benzene rings is 2. The van der Waals surface area contributed by atoms with Gasteiger partial charge in [0.15, 0.2) is 0 Å². The molecule has 2 aliphatic heterocycles. The number of hydrogen-bond acceptors (Lipinski definition) is 7. The van der Waals surface area contributed by atoms with E-state index in [0.717, 1.165) is 0 Å². The summed E-state index contributed by atoms with van der Waals surface area (Å²) in [6.07, 6.45) is 6.53. The number of allylic oxidation sites excluding steroid dienone is 1. The molecular formula is C27H28O7. The summed E-state index contributed by atoms with van der Waals surface area (Å²) in [5, 5.41) is 21.0. The summed E-state index contributed by atoms with van der Waals surface area (Å²) >= 11 is 0. The molecule has 7 heteroatoms. The Labute approximate surface area is 198 Å². The maximum atomic E-state index is 13.2. The number of esters is 2. The molecule has 0 radical (unpaired) electrons. The number of cyclic esters (lactones) is 1. The van der Waals surface area contributed by atoms with Crippen LogP contribution in [-0.4, -0.2) is 34.0 Å².